The molecule has 1 fully saturated rings. The lowest BCUT2D eigenvalue weighted by Crippen LogP contribution is -2.42. The van der Waals surface area contributed by atoms with Gasteiger partial charge in [-0.25, -0.2) is 4.98 Å². The topological polar surface area (TPSA) is 28.2 Å². The minimum atomic E-state index is 0. The Morgan fingerprint density at radius 3 is 2.62 bits per heavy atom. The number of hydrogen-bond donors (Lipinski definition) is 1. The number of rotatable bonds is 3. The lowest BCUT2D eigenvalue weighted by molar-refractivity contribution is 0.231. The van der Waals surface area contributed by atoms with E-state index in [1.807, 2.05) is 0 Å². The van der Waals surface area contributed by atoms with Crippen molar-refractivity contribution in [3.8, 4) is 10.6 Å². The van der Waals surface area contributed by atoms with Crippen molar-refractivity contribution in [3.05, 3.63) is 40.9 Å². The molecule has 1 saturated heterocycles. The van der Waals surface area contributed by atoms with Crippen molar-refractivity contribution in [2.24, 2.45) is 0 Å². The van der Waals surface area contributed by atoms with E-state index in [9.17, 15) is 0 Å². The molecule has 0 aliphatic carbocycles. The second-order valence-corrected chi connectivity index (χ2v) is 5.84. The van der Waals surface area contributed by atoms with Crippen molar-refractivity contribution >= 4 is 36.2 Å². The molecule has 21 heavy (non-hydrogen) atoms. The smallest absolute Gasteiger partial charge is 0.123 e. The molecule has 0 radical (unpaired) electrons. The standard InChI is InChI=1S/C15H19N3S.2ClH/c1-12-4-2-3-5-14(12)15-17-13(11-19-15)10-18-8-6-16-7-9-18;;/h2-5,11,16H,6-10H2,1H3;2*1H. The molecule has 2 aromatic rings. The van der Waals surface area contributed by atoms with Gasteiger partial charge in [-0.05, 0) is 12.5 Å². The predicted octanol–water partition coefficient (Wildman–Crippen LogP) is 3.37. The maximum absolute atomic E-state index is 4.79. The number of piperazine rings is 1. The molecule has 0 saturated carbocycles. The first-order chi connectivity index (χ1) is 9.33. The van der Waals surface area contributed by atoms with Crippen LogP contribution < -0.4 is 5.32 Å². The average Bonchev–Trinajstić information content (AvgIpc) is 2.89. The third-order valence-corrected chi connectivity index (χ3v) is 4.45. The number of nitrogens with one attached hydrogen (secondary N) is 1. The van der Waals surface area contributed by atoms with E-state index in [2.05, 4.69) is 46.8 Å². The Balaban J connectivity index is 0.00000110. The van der Waals surface area contributed by atoms with Gasteiger partial charge >= 0.3 is 0 Å². The summed E-state index contributed by atoms with van der Waals surface area (Å²) in [7, 11) is 0. The van der Waals surface area contributed by atoms with Gasteiger partial charge in [-0.1, -0.05) is 24.3 Å². The normalized spacial score (nSPS) is 15.1. The zero-order valence-corrected chi connectivity index (χ0v) is 14.5. The highest BCUT2D eigenvalue weighted by atomic mass is 35.5. The Morgan fingerprint density at radius 1 is 1.19 bits per heavy atom. The summed E-state index contributed by atoms with van der Waals surface area (Å²) in [6.07, 6.45) is 0. The predicted molar refractivity (Wildman–Crippen MR) is 94.9 cm³/mol. The second kappa shape index (κ2) is 8.71. The number of nitrogens with zero attached hydrogens (tertiary/aromatic N) is 2. The Labute approximate surface area is 142 Å². The lowest BCUT2D eigenvalue weighted by Gasteiger charge is -2.26. The lowest BCUT2D eigenvalue weighted by atomic mass is 10.1. The molecule has 1 aliphatic heterocycles. The summed E-state index contributed by atoms with van der Waals surface area (Å²) in [6, 6.07) is 8.46. The highest BCUT2D eigenvalue weighted by Gasteiger charge is 2.12. The van der Waals surface area contributed by atoms with Crippen LogP contribution in [0.1, 0.15) is 11.3 Å². The number of benzene rings is 1. The molecule has 3 rings (SSSR count). The first kappa shape index (κ1) is 18.4. The van der Waals surface area contributed by atoms with Gasteiger partial charge in [0.05, 0.1) is 5.69 Å². The molecular formula is C15H21Cl2N3S. The number of halogens is 2. The third kappa shape index (κ3) is 4.66. The average molecular weight is 346 g/mol. The molecule has 2 heterocycles. The molecule has 3 nitrogen and oxygen atoms in total. The highest BCUT2D eigenvalue weighted by molar-refractivity contribution is 7.13. The Bertz CT molecular complexity index is 553. The monoisotopic (exact) mass is 345 g/mol. The van der Waals surface area contributed by atoms with E-state index in [0.717, 1.165) is 37.7 Å². The van der Waals surface area contributed by atoms with Gasteiger partial charge in [-0.15, -0.1) is 36.2 Å². The van der Waals surface area contributed by atoms with Crippen molar-refractivity contribution in [1.29, 1.82) is 0 Å². The van der Waals surface area contributed by atoms with Crippen molar-refractivity contribution < 1.29 is 0 Å². The SMILES string of the molecule is Cc1ccccc1-c1nc(CN2CCNCC2)cs1.Cl.Cl. The Kier molecular flexibility index (Phi) is 7.63. The first-order valence-corrected chi connectivity index (χ1v) is 7.64. The van der Waals surface area contributed by atoms with E-state index in [1.54, 1.807) is 11.3 Å². The van der Waals surface area contributed by atoms with Crippen molar-refractivity contribution in [3.63, 3.8) is 0 Å². The van der Waals surface area contributed by atoms with Crippen LogP contribution in [-0.4, -0.2) is 36.1 Å². The highest BCUT2D eigenvalue weighted by Crippen LogP contribution is 2.26. The van der Waals surface area contributed by atoms with E-state index in [0.29, 0.717) is 0 Å². The summed E-state index contributed by atoms with van der Waals surface area (Å²) in [5.41, 5.74) is 3.76. The fourth-order valence-corrected chi connectivity index (χ4v) is 3.32. The van der Waals surface area contributed by atoms with Crippen LogP contribution in [0.15, 0.2) is 29.6 Å². The van der Waals surface area contributed by atoms with Crippen LogP contribution in [0.2, 0.25) is 0 Å². The fourth-order valence-electron chi connectivity index (χ4n) is 2.41. The molecule has 1 aromatic carbocycles. The molecule has 0 unspecified atom stereocenters. The van der Waals surface area contributed by atoms with Gasteiger partial charge in [-0.3, -0.25) is 4.90 Å². The Hall–Kier alpha value is -0.650. The van der Waals surface area contributed by atoms with Crippen LogP contribution in [0.3, 0.4) is 0 Å². The van der Waals surface area contributed by atoms with Gasteiger partial charge < -0.3 is 5.32 Å². The zero-order chi connectivity index (χ0) is 13.1. The maximum atomic E-state index is 4.79. The minimum absolute atomic E-state index is 0. The summed E-state index contributed by atoms with van der Waals surface area (Å²) >= 11 is 1.75. The van der Waals surface area contributed by atoms with Crippen LogP contribution in [-0.2, 0) is 6.54 Å². The van der Waals surface area contributed by atoms with Gasteiger partial charge in [0.1, 0.15) is 5.01 Å². The zero-order valence-electron chi connectivity index (χ0n) is 12.0. The van der Waals surface area contributed by atoms with E-state index in [-0.39, 0.29) is 24.8 Å². The molecular weight excluding hydrogens is 325 g/mol. The molecule has 1 N–H and O–H groups in total. The molecule has 6 heteroatoms. The van der Waals surface area contributed by atoms with Gasteiger partial charge in [0.2, 0.25) is 0 Å². The van der Waals surface area contributed by atoms with E-state index < -0.39 is 0 Å². The van der Waals surface area contributed by atoms with Crippen molar-refractivity contribution in [2.75, 3.05) is 26.2 Å². The number of aromatic nitrogens is 1. The summed E-state index contributed by atoms with van der Waals surface area (Å²) in [5, 5.41) is 6.72. The van der Waals surface area contributed by atoms with Gasteiger partial charge in [0, 0.05) is 43.7 Å². The van der Waals surface area contributed by atoms with Crippen LogP contribution in [0.5, 0.6) is 0 Å². The Morgan fingerprint density at radius 2 is 1.90 bits per heavy atom. The van der Waals surface area contributed by atoms with Gasteiger partial charge in [0.25, 0.3) is 0 Å². The fraction of sp³-hybridized carbons (Fsp3) is 0.400. The van der Waals surface area contributed by atoms with Crippen molar-refractivity contribution in [2.45, 2.75) is 13.5 Å². The van der Waals surface area contributed by atoms with Crippen LogP contribution in [0, 0.1) is 6.92 Å². The molecule has 0 atom stereocenters. The van der Waals surface area contributed by atoms with Crippen LogP contribution in [0.4, 0.5) is 0 Å². The summed E-state index contributed by atoms with van der Waals surface area (Å²) < 4.78 is 0. The molecule has 0 bridgehead atoms. The minimum Gasteiger partial charge on any atom is -0.314 e. The molecule has 1 aromatic heterocycles. The quantitative estimate of drug-likeness (QED) is 0.924. The number of thiazole rings is 1. The third-order valence-electron chi connectivity index (χ3n) is 3.52. The van der Waals surface area contributed by atoms with E-state index >= 15 is 0 Å². The first-order valence-electron chi connectivity index (χ1n) is 6.76. The summed E-state index contributed by atoms with van der Waals surface area (Å²) in [5.74, 6) is 0. The molecule has 116 valence electrons. The van der Waals surface area contributed by atoms with E-state index in [1.165, 1.54) is 16.8 Å². The molecule has 0 amide bonds. The molecule has 0 spiro atoms. The van der Waals surface area contributed by atoms with Gasteiger partial charge in [0.15, 0.2) is 0 Å². The number of hydrogen-bond acceptors (Lipinski definition) is 4. The second-order valence-electron chi connectivity index (χ2n) is 4.99. The van der Waals surface area contributed by atoms with Gasteiger partial charge in [-0.2, -0.15) is 0 Å². The maximum Gasteiger partial charge on any atom is 0.123 e. The summed E-state index contributed by atoms with van der Waals surface area (Å²) in [6.45, 7) is 7.55. The van der Waals surface area contributed by atoms with Crippen LogP contribution >= 0.6 is 36.2 Å². The number of aryl methyl sites for hydroxylation is 1. The van der Waals surface area contributed by atoms with E-state index in [4.69, 9.17) is 4.98 Å². The van der Waals surface area contributed by atoms with Crippen molar-refractivity contribution in [1.82, 2.24) is 15.2 Å². The van der Waals surface area contributed by atoms with Crippen LogP contribution in [0.25, 0.3) is 10.6 Å². The largest absolute Gasteiger partial charge is 0.314 e. The molecule has 1 aliphatic rings. The summed E-state index contributed by atoms with van der Waals surface area (Å²) in [4.78, 5) is 7.26.